The number of hydrogen-bond donors (Lipinski definition) is 6. The lowest BCUT2D eigenvalue weighted by atomic mass is 10.1. The Balaban J connectivity index is 1.31. The summed E-state index contributed by atoms with van der Waals surface area (Å²) in [6, 6.07) is 16.0. The molecule has 0 heterocycles. The second kappa shape index (κ2) is 18.7. The number of amides is 2. The van der Waals surface area contributed by atoms with Crippen molar-refractivity contribution in [3.63, 3.8) is 0 Å². The van der Waals surface area contributed by atoms with Crippen molar-refractivity contribution in [3.05, 3.63) is 71.8 Å². The topological polar surface area (TPSA) is 193 Å². The standard InChI is InChI=1S/C34H43N5O7/c1-37-18-5-2-3-8-31(41)39-29(33(42)43)7-4-6-19-38-30(40)17-20-45-27-14-11-23(12-15-27)34(44)46-28-16-13-24-21-26(32(35)36)10-9-25(24)22-28/h9-16,21-22,29,37H,2-8,17-20H2,1H3,(H3,35,36)(H,38,40)(H,39,41)(H,42,43). The molecule has 1 unspecified atom stereocenters. The number of rotatable bonds is 20. The van der Waals surface area contributed by atoms with Crippen LogP contribution in [0.2, 0.25) is 0 Å². The molecule has 7 N–H and O–H groups in total. The SMILES string of the molecule is CNCCCCCC(=O)NC(CCCCNC(=O)CCOc1ccc(C(=O)Oc2ccc3cc(C(=N)N)ccc3c2)cc1)C(=O)O. The number of unbranched alkanes of at least 4 members (excludes halogenated alkanes) is 3. The molecular weight excluding hydrogens is 590 g/mol. The lowest BCUT2D eigenvalue weighted by Crippen LogP contribution is -2.40. The normalized spacial score (nSPS) is 11.4. The zero-order valence-electron chi connectivity index (χ0n) is 26.1. The second-order valence-corrected chi connectivity index (χ2v) is 10.9. The molecule has 0 fully saturated rings. The molecule has 12 heteroatoms. The van der Waals surface area contributed by atoms with Crippen LogP contribution >= 0.6 is 0 Å². The van der Waals surface area contributed by atoms with Gasteiger partial charge in [0.25, 0.3) is 0 Å². The van der Waals surface area contributed by atoms with Crippen LogP contribution < -0.4 is 31.2 Å². The molecule has 3 rings (SSSR count). The van der Waals surface area contributed by atoms with E-state index in [4.69, 9.17) is 20.6 Å². The molecule has 12 nitrogen and oxygen atoms in total. The maximum absolute atomic E-state index is 12.6. The summed E-state index contributed by atoms with van der Waals surface area (Å²) in [5.74, 6) is -1.19. The number of nitrogens with one attached hydrogen (secondary N) is 4. The molecule has 246 valence electrons. The van der Waals surface area contributed by atoms with Crippen molar-refractivity contribution in [3.8, 4) is 11.5 Å². The minimum absolute atomic E-state index is 0.0186. The largest absolute Gasteiger partial charge is 0.493 e. The minimum atomic E-state index is -1.06. The molecule has 0 saturated heterocycles. The van der Waals surface area contributed by atoms with Gasteiger partial charge in [-0.3, -0.25) is 15.0 Å². The van der Waals surface area contributed by atoms with Crippen LogP contribution in [-0.4, -0.2) is 67.5 Å². The van der Waals surface area contributed by atoms with E-state index in [9.17, 15) is 24.3 Å². The maximum Gasteiger partial charge on any atom is 0.343 e. The summed E-state index contributed by atoms with van der Waals surface area (Å²) in [4.78, 5) is 48.4. The Kier molecular flexibility index (Phi) is 14.5. The van der Waals surface area contributed by atoms with Crippen LogP contribution in [0.5, 0.6) is 11.5 Å². The molecule has 46 heavy (non-hydrogen) atoms. The molecule has 1 atom stereocenters. The first-order valence-corrected chi connectivity index (χ1v) is 15.4. The summed E-state index contributed by atoms with van der Waals surface area (Å²) < 4.78 is 11.1. The Labute approximate surface area is 268 Å². The summed E-state index contributed by atoms with van der Waals surface area (Å²) in [5.41, 5.74) is 6.50. The van der Waals surface area contributed by atoms with Crippen LogP contribution in [0.15, 0.2) is 60.7 Å². The van der Waals surface area contributed by atoms with Gasteiger partial charge in [-0.15, -0.1) is 0 Å². The third kappa shape index (κ3) is 12.2. The van der Waals surface area contributed by atoms with Crippen LogP contribution in [-0.2, 0) is 14.4 Å². The van der Waals surface area contributed by atoms with Gasteiger partial charge in [-0.1, -0.05) is 24.6 Å². The Morgan fingerprint density at radius 2 is 1.48 bits per heavy atom. The van der Waals surface area contributed by atoms with E-state index in [0.717, 1.165) is 36.6 Å². The average molecular weight is 634 g/mol. The third-order valence-corrected chi connectivity index (χ3v) is 7.23. The lowest BCUT2D eigenvalue weighted by molar-refractivity contribution is -0.142. The number of carboxylic acid groups (broad SMARTS) is 1. The number of nitrogens with two attached hydrogens (primary N) is 1. The van der Waals surface area contributed by atoms with Crippen LogP contribution in [0.3, 0.4) is 0 Å². The highest BCUT2D eigenvalue weighted by atomic mass is 16.5. The highest BCUT2D eigenvalue weighted by Gasteiger charge is 2.19. The van der Waals surface area contributed by atoms with Gasteiger partial charge in [-0.05, 0) is 98.9 Å². The molecule has 0 aliphatic heterocycles. The van der Waals surface area contributed by atoms with E-state index in [1.807, 2.05) is 13.1 Å². The first-order valence-electron chi connectivity index (χ1n) is 15.4. The zero-order chi connectivity index (χ0) is 33.3. The monoisotopic (exact) mass is 633 g/mol. The predicted octanol–water partition coefficient (Wildman–Crippen LogP) is 3.75. The molecule has 3 aromatic carbocycles. The van der Waals surface area contributed by atoms with Crippen molar-refractivity contribution in [2.24, 2.45) is 5.73 Å². The van der Waals surface area contributed by atoms with E-state index in [-0.39, 0.29) is 37.1 Å². The molecule has 3 aromatic rings. The Morgan fingerprint density at radius 3 is 2.20 bits per heavy atom. The highest BCUT2D eigenvalue weighted by molar-refractivity contribution is 5.99. The maximum atomic E-state index is 12.6. The van der Waals surface area contributed by atoms with Gasteiger partial charge in [0.05, 0.1) is 18.6 Å². The number of carbonyl (C=O) groups excluding carboxylic acids is 3. The van der Waals surface area contributed by atoms with Crippen LogP contribution in [0.1, 0.15) is 67.3 Å². The number of fused-ring (bicyclic) bond motifs is 1. The number of benzene rings is 3. The van der Waals surface area contributed by atoms with Crippen LogP contribution in [0.25, 0.3) is 10.8 Å². The zero-order valence-corrected chi connectivity index (χ0v) is 26.1. The number of carbonyl (C=O) groups is 4. The van der Waals surface area contributed by atoms with Crippen molar-refractivity contribution in [2.45, 2.75) is 57.4 Å². The summed E-state index contributed by atoms with van der Waals surface area (Å²) in [5, 5.41) is 27.1. The molecule has 0 saturated carbocycles. The molecule has 0 spiro atoms. The lowest BCUT2D eigenvalue weighted by Gasteiger charge is -2.14. The molecule has 0 radical (unpaired) electrons. The van der Waals surface area contributed by atoms with Crippen LogP contribution in [0.4, 0.5) is 0 Å². The average Bonchev–Trinajstić information content (AvgIpc) is 3.03. The van der Waals surface area contributed by atoms with Crippen molar-refractivity contribution in [2.75, 3.05) is 26.7 Å². The van der Waals surface area contributed by atoms with E-state index in [2.05, 4.69) is 16.0 Å². The highest BCUT2D eigenvalue weighted by Crippen LogP contribution is 2.23. The number of esters is 1. The van der Waals surface area contributed by atoms with Gasteiger partial charge in [-0.25, -0.2) is 9.59 Å². The summed E-state index contributed by atoms with van der Waals surface area (Å²) in [6.07, 6.45) is 4.42. The fourth-order valence-corrected chi connectivity index (χ4v) is 4.65. The molecule has 0 bridgehead atoms. The summed E-state index contributed by atoms with van der Waals surface area (Å²) in [7, 11) is 1.87. The Morgan fingerprint density at radius 1 is 0.804 bits per heavy atom. The fourth-order valence-electron chi connectivity index (χ4n) is 4.65. The first-order chi connectivity index (χ1) is 22.2. The number of ether oxygens (including phenoxy) is 2. The quantitative estimate of drug-likeness (QED) is 0.0353. The Bertz CT molecular complexity index is 1490. The summed E-state index contributed by atoms with van der Waals surface area (Å²) in [6.45, 7) is 1.41. The molecule has 0 aromatic heterocycles. The van der Waals surface area contributed by atoms with Crippen LogP contribution in [0, 0.1) is 5.41 Å². The van der Waals surface area contributed by atoms with Gasteiger partial charge in [0, 0.05) is 18.5 Å². The number of aliphatic carboxylic acids is 1. The number of nitrogen functional groups attached to an aromatic ring is 1. The van der Waals surface area contributed by atoms with Crippen molar-refractivity contribution in [1.29, 1.82) is 5.41 Å². The van der Waals surface area contributed by atoms with Gasteiger partial charge >= 0.3 is 11.9 Å². The number of carboxylic acids is 1. The van der Waals surface area contributed by atoms with E-state index < -0.39 is 18.0 Å². The van der Waals surface area contributed by atoms with E-state index in [1.165, 1.54) is 0 Å². The van der Waals surface area contributed by atoms with Gasteiger partial charge in [0.2, 0.25) is 11.8 Å². The molecule has 0 aliphatic rings. The first kappa shape index (κ1) is 35.5. The second-order valence-electron chi connectivity index (χ2n) is 10.9. The fraction of sp³-hybridized carbons (Fsp3) is 0.382. The predicted molar refractivity (Wildman–Crippen MR) is 175 cm³/mol. The van der Waals surface area contributed by atoms with Gasteiger partial charge in [0.1, 0.15) is 23.4 Å². The summed E-state index contributed by atoms with van der Waals surface area (Å²) >= 11 is 0. The van der Waals surface area contributed by atoms with E-state index >= 15 is 0 Å². The minimum Gasteiger partial charge on any atom is -0.493 e. The molecule has 0 aliphatic carbocycles. The van der Waals surface area contributed by atoms with E-state index in [0.29, 0.717) is 48.4 Å². The Hall–Kier alpha value is -4.97. The molecule has 2 amide bonds. The number of amidine groups is 1. The van der Waals surface area contributed by atoms with E-state index in [1.54, 1.807) is 54.6 Å². The van der Waals surface area contributed by atoms with Gasteiger partial charge in [0.15, 0.2) is 0 Å². The smallest absolute Gasteiger partial charge is 0.343 e. The van der Waals surface area contributed by atoms with Crippen molar-refractivity contribution >= 4 is 40.4 Å². The third-order valence-electron chi connectivity index (χ3n) is 7.23. The molecular formula is C34H43N5O7. The van der Waals surface area contributed by atoms with Gasteiger partial charge in [-0.2, -0.15) is 0 Å². The van der Waals surface area contributed by atoms with Crippen molar-refractivity contribution in [1.82, 2.24) is 16.0 Å². The van der Waals surface area contributed by atoms with Gasteiger partial charge < -0.3 is 36.3 Å². The van der Waals surface area contributed by atoms with Crippen molar-refractivity contribution < 1.29 is 33.8 Å². The number of hydrogen-bond acceptors (Lipinski definition) is 8.